The van der Waals surface area contributed by atoms with Crippen molar-refractivity contribution in [1.29, 1.82) is 0 Å². The molecule has 1 aliphatic rings. The van der Waals surface area contributed by atoms with Crippen molar-refractivity contribution in [3.05, 3.63) is 138 Å². The molecule has 4 heteroatoms. The minimum absolute atomic E-state index is 0.160. The zero-order valence-electron chi connectivity index (χ0n) is 23.8. The molecule has 0 aliphatic carbocycles. The lowest BCUT2D eigenvalue weighted by Gasteiger charge is -2.44. The Labute approximate surface area is 243 Å². The summed E-state index contributed by atoms with van der Waals surface area (Å²) in [6.07, 6.45) is 7.56. The Balaban J connectivity index is 1.62. The van der Waals surface area contributed by atoms with Gasteiger partial charge in [-0.25, -0.2) is 0 Å². The number of ketones is 1. The lowest BCUT2D eigenvalue weighted by atomic mass is 9.75. The molecule has 0 bridgehead atoms. The Morgan fingerprint density at radius 1 is 0.659 bits per heavy atom. The largest absolute Gasteiger partial charge is 0.369 e. The number of Topliss-reactive ketones (excluding diaryl/α,β-unsaturated/α-hetero) is 1. The van der Waals surface area contributed by atoms with Crippen molar-refractivity contribution < 1.29 is 14.7 Å². The van der Waals surface area contributed by atoms with Crippen LogP contribution in [0.5, 0.6) is 0 Å². The second kappa shape index (κ2) is 12.7. The topological polar surface area (TPSA) is 57.6 Å². The zero-order chi connectivity index (χ0) is 28.7. The quantitative estimate of drug-likeness (QED) is 0.105. The monoisotopic (exact) mass is 545 g/mol. The zero-order valence-corrected chi connectivity index (χ0v) is 23.8. The Bertz CT molecular complexity index is 1350. The summed E-state index contributed by atoms with van der Waals surface area (Å²) < 4.78 is 0. The summed E-state index contributed by atoms with van der Waals surface area (Å²) in [5.41, 5.74) is 0.122. The number of hydrogen-bond acceptors (Lipinski definition) is 3. The molecule has 0 spiro atoms. The number of rotatable bonds is 13. The molecule has 1 amide bonds. The number of nitrogens with zero attached hydrogens (tertiary/aromatic N) is 1. The van der Waals surface area contributed by atoms with Crippen LogP contribution in [-0.2, 0) is 20.7 Å². The van der Waals surface area contributed by atoms with E-state index in [4.69, 9.17) is 0 Å². The van der Waals surface area contributed by atoms with Crippen LogP contribution in [0.1, 0.15) is 80.5 Å². The van der Waals surface area contributed by atoms with Crippen LogP contribution in [0.2, 0.25) is 0 Å². The summed E-state index contributed by atoms with van der Waals surface area (Å²) in [6.45, 7) is 2.20. The molecule has 0 saturated carbocycles. The molecular formula is C37H39NO3. The van der Waals surface area contributed by atoms with E-state index in [0.29, 0.717) is 17.7 Å². The van der Waals surface area contributed by atoms with Crippen LogP contribution in [0.3, 0.4) is 0 Å². The summed E-state index contributed by atoms with van der Waals surface area (Å²) >= 11 is 0. The number of hydrogen-bond donors (Lipinski definition) is 1. The van der Waals surface area contributed by atoms with Crippen LogP contribution in [0.15, 0.2) is 115 Å². The first kappa shape index (κ1) is 28.5. The highest BCUT2D eigenvalue weighted by molar-refractivity contribution is 6.21. The Morgan fingerprint density at radius 2 is 1.10 bits per heavy atom. The summed E-state index contributed by atoms with van der Waals surface area (Å²) in [4.78, 5) is 30.3. The van der Waals surface area contributed by atoms with Gasteiger partial charge in [0.25, 0.3) is 5.91 Å². The first-order valence-electron chi connectivity index (χ1n) is 14.9. The lowest BCUT2D eigenvalue weighted by Crippen LogP contribution is -2.55. The summed E-state index contributed by atoms with van der Waals surface area (Å²) in [5, 5.41) is 12.2. The minimum Gasteiger partial charge on any atom is -0.369 e. The van der Waals surface area contributed by atoms with Gasteiger partial charge >= 0.3 is 0 Å². The molecule has 0 radical (unpaired) electrons. The van der Waals surface area contributed by atoms with E-state index >= 15 is 0 Å². The highest BCUT2D eigenvalue weighted by atomic mass is 16.3. The number of carbonyl (C=O) groups is 2. The SMILES string of the molecule is CCCCCCCCCC(=O)[C@@]1(O)C(=O)N(C(c2ccccc2)(c2ccccc2)c2ccccc2)c2ccccc21. The number of carbonyl (C=O) groups excluding carboxylic acids is 2. The molecule has 1 aliphatic heterocycles. The fraction of sp³-hybridized carbons (Fsp3) is 0.297. The maximum Gasteiger partial charge on any atom is 0.272 e. The van der Waals surface area contributed by atoms with E-state index in [9.17, 15) is 14.7 Å². The number of anilines is 1. The van der Waals surface area contributed by atoms with Crippen molar-refractivity contribution in [3.8, 4) is 0 Å². The lowest BCUT2D eigenvalue weighted by molar-refractivity contribution is -0.150. The Hall–Kier alpha value is -4.02. The molecule has 41 heavy (non-hydrogen) atoms. The molecule has 5 rings (SSSR count). The minimum atomic E-state index is -2.25. The van der Waals surface area contributed by atoms with Gasteiger partial charge in [-0.3, -0.25) is 14.5 Å². The molecule has 0 fully saturated rings. The third-order valence-electron chi connectivity index (χ3n) is 8.37. The Kier molecular flexibility index (Phi) is 8.80. The van der Waals surface area contributed by atoms with E-state index < -0.39 is 22.8 Å². The van der Waals surface area contributed by atoms with Crippen LogP contribution >= 0.6 is 0 Å². The maximum atomic E-state index is 14.8. The number of aliphatic hydroxyl groups is 1. The van der Waals surface area contributed by atoms with Crippen LogP contribution in [0.4, 0.5) is 5.69 Å². The van der Waals surface area contributed by atoms with Crippen molar-refractivity contribution >= 4 is 17.4 Å². The highest BCUT2D eigenvalue weighted by Gasteiger charge is 2.60. The van der Waals surface area contributed by atoms with Gasteiger partial charge in [0.15, 0.2) is 5.78 Å². The fourth-order valence-corrected chi connectivity index (χ4v) is 6.31. The van der Waals surface area contributed by atoms with Crippen molar-refractivity contribution in [2.24, 2.45) is 0 Å². The van der Waals surface area contributed by atoms with Crippen molar-refractivity contribution in [1.82, 2.24) is 0 Å². The number of para-hydroxylation sites is 1. The van der Waals surface area contributed by atoms with Crippen LogP contribution in [-0.4, -0.2) is 16.8 Å². The second-order valence-electron chi connectivity index (χ2n) is 11.0. The molecule has 0 aromatic heterocycles. The number of unbranched alkanes of at least 4 members (excludes halogenated alkanes) is 6. The summed E-state index contributed by atoms with van der Waals surface area (Å²) in [5.74, 6) is -1.04. The van der Waals surface area contributed by atoms with Gasteiger partial charge in [-0.2, -0.15) is 0 Å². The maximum absolute atomic E-state index is 14.8. The van der Waals surface area contributed by atoms with Gasteiger partial charge in [-0.15, -0.1) is 0 Å². The second-order valence-corrected chi connectivity index (χ2v) is 11.0. The number of benzene rings is 4. The van der Waals surface area contributed by atoms with Gasteiger partial charge in [0.2, 0.25) is 5.60 Å². The first-order valence-corrected chi connectivity index (χ1v) is 14.9. The predicted molar refractivity (Wildman–Crippen MR) is 165 cm³/mol. The van der Waals surface area contributed by atoms with Crippen molar-refractivity contribution in [2.75, 3.05) is 4.90 Å². The van der Waals surface area contributed by atoms with Crippen molar-refractivity contribution in [3.63, 3.8) is 0 Å². The summed E-state index contributed by atoms with van der Waals surface area (Å²) in [6, 6.07) is 36.9. The molecule has 0 unspecified atom stereocenters. The van der Waals surface area contributed by atoms with E-state index in [1.807, 2.05) is 103 Å². The molecule has 1 N–H and O–H groups in total. The molecule has 4 nitrogen and oxygen atoms in total. The average molecular weight is 546 g/mol. The average Bonchev–Trinajstić information content (AvgIpc) is 3.26. The van der Waals surface area contributed by atoms with E-state index in [1.54, 1.807) is 17.0 Å². The molecule has 0 saturated heterocycles. The molecule has 210 valence electrons. The normalized spacial score (nSPS) is 16.5. The fourth-order valence-electron chi connectivity index (χ4n) is 6.31. The van der Waals surface area contributed by atoms with Crippen LogP contribution in [0.25, 0.3) is 0 Å². The Morgan fingerprint density at radius 3 is 1.61 bits per heavy atom. The van der Waals surface area contributed by atoms with Gasteiger partial charge in [0, 0.05) is 12.0 Å². The third kappa shape index (κ3) is 5.13. The highest BCUT2D eigenvalue weighted by Crippen LogP contribution is 2.52. The van der Waals surface area contributed by atoms with Gasteiger partial charge in [-0.05, 0) is 29.2 Å². The molecule has 4 aromatic rings. The van der Waals surface area contributed by atoms with Gasteiger partial charge in [-0.1, -0.05) is 155 Å². The molecule has 1 heterocycles. The van der Waals surface area contributed by atoms with Crippen LogP contribution < -0.4 is 4.90 Å². The smallest absolute Gasteiger partial charge is 0.272 e. The first-order chi connectivity index (χ1) is 20.1. The number of amides is 1. The summed E-state index contributed by atoms with van der Waals surface area (Å²) in [7, 11) is 0. The molecule has 1 atom stereocenters. The molecule has 4 aromatic carbocycles. The van der Waals surface area contributed by atoms with E-state index in [-0.39, 0.29) is 6.42 Å². The van der Waals surface area contributed by atoms with Gasteiger partial charge < -0.3 is 5.11 Å². The molecular weight excluding hydrogens is 506 g/mol. The predicted octanol–water partition coefficient (Wildman–Crippen LogP) is 7.92. The van der Waals surface area contributed by atoms with E-state index in [2.05, 4.69) is 6.92 Å². The van der Waals surface area contributed by atoms with Crippen molar-refractivity contribution in [2.45, 2.75) is 69.4 Å². The van der Waals surface area contributed by atoms with Crippen LogP contribution in [0, 0.1) is 0 Å². The van der Waals surface area contributed by atoms with E-state index in [0.717, 1.165) is 36.0 Å². The van der Waals surface area contributed by atoms with Gasteiger partial charge in [0.1, 0.15) is 5.54 Å². The third-order valence-corrected chi connectivity index (χ3v) is 8.37. The van der Waals surface area contributed by atoms with E-state index in [1.165, 1.54) is 19.3 Å². The van der Waals surface area contributed by atoms with Gasteiger partial charge in [0.05, 0.1) is 5.69 Å². The number of fused-ring (bicyclic) bond motifs is 1. The standard InChI is InChI=1S/C37H39NO3/c1-2-3-4-5-6-7-17-28-34(39)37(41)32-26-18-19-27-33(32)38(35(37)40)36(29-20-11-8-12-21-29,30-22-13-9-14-23-30)31-24-15-10-16-25-31/h8-16,18-27,41H,2-7,17,28H2,1H3/t37-/m1/s1.